The van der Waals surface area contributed by atoms with Crippen LogP contribution in [0.25, 0.3) is 0 Å². The fraction of sp³-hybridized carbons (Fsp3) is 0.667. The first kappa shape index (κ1) is 16.7. The molecule has 2 unspecified atom stereocenters. The van der Waals surface area contributed by atoms with E-state index in [1.165, 1.54) is 50.8 Å². The lowest BCUT2D eigenvalue weighted by molar-refractivity contribution is 0.582. The number of unbranched alkanes of at least 4 members (excludes halogenated alkanes) is 3. The van der Waals surface area contributed by atoms with Crippen LogP contribution in [0.15, 0.2) is 30.3 Å². The van der Waals surface area contributed by atoms with Gasteiger partial charge in [-0.2, -0.15) is 0 Å². The first-order valence-corrected chi connectivity index (χ1v) is 10.1. The molecule has 0 aliphatic heterocycles. The molecule has 0 heterocycles. The van der Waals surface area contributed by atoms with Gasteiger partial charge in [0.05, 0.1) is 17.6 Å². The largest absolute Gasteiger partial charge is 0.0914 e. The molecule has 1 aromatic rings. The molecule has 0 radical (unpaired) electrons. The second-order valence-electron chi connectivity index (χ2n) is 5.88. The molecule has 0 N–H and O–H groups in total. The van der Waals surface area contributed by atoms with E-state index in [9.17, 15) is 0 Å². The molecule has 0 saturated heterocycles. The lowest BCUT2D eigenvalue weighted by atomic mass is 10.1. The van der Waals surface area contributed by atoms with Gasteiger partial charge in [0.15, 0.2) is 0 Å². The summed E-state index contributed by atoms with van der Waals surface area (Å²) in [6.07, 6.45) is 11.3. The van der Waals surface area contributed by atoms with Crippen molar-refractivity contribution in [2.45, 2.75) is 59.3 Å². The second-order valence-corrected chi connectivity index (χ2v) is 8.57. The monoisotopic (exact) mass is 279 g/mol. The Labute approximate surface area is 121 Å². The molecule has 0 aliphatic carbocycles. The maximum atomic E-state index is 2.45. The molecule has 0 fully saturated rings. The number of rotatable bonds is 10. The average molecular weight is 279 g/mol. The van der Waals surface area contributed by atoms with E-state index in [-0.39, 0.29) is 7.92 Å². The molecule has 1 rings (SSSR count). The lowest BCUT2D eigenvalue weighted by Crippen LogP contribution is -2.11. The maximum absolute atomic E-state index is 2.45. The van der Waals surface area contributed by atoms with Crippen molar-refractivity contribution >= 4 is 13.2 Å². The lowest BCUT2D eigenvalue weighted by Gasteiger charge is -2.15. The zero-order chi connectivity index (χ0) is 13.9. The van der Waals surface area contributed by atoms with Gasteiger partial charge in [-0.1, -0.05) is 58.2 Å². The van der Waals surface area contributed by atoms with Crippen LogP contribution in [-0.4, -0.2) is 12.3 Å². The summed E-state index contributed by atoms with van der Waals surface area (Å²) in [6.45, 7) is 7.06. The molecule has 0 saturated carbocycles. The van der Waals surface area contributed by atoms with Gasteiger partial charge in [-0.15, -0.1) is 0 Å². The molecule has 108 valence electrons. The summed E-state index contributed by atoms with van der Waals surface area (Å²) in [6, 6.07) is 11.3. The van der Waals surface area contributed by atoms with E-state index in [2.05, 4.69) is 51.1 Å². The normalized spacial score (nSPS) is 14.3. The van der Waals surface area contributed by atoms with Gasteiger partial charge in [-0.05, 0) is 37.3 Å². The van der Waals surface area contributed by atoms with Crippen molar-refractivity contribution < 1.29 is 0 Å². The van der Waals surface area contributed by atoms with E-state index in [1.807, 2.05) is 0 Å². The summed E-state index contributed by atoms with van der Waals surface area (Å²) >= 11 is 0. The Morgan fingerprint density at radius 1 is 0.947 bits per heavy atom. The predicted molar refractivity (Wildman–Crippen MR) is 92.3 cm³/mol. The minimum absolute atomic E-state index is 0.324. The standard InChI is InChI=1S/C18H31P/c1-4-6-7-11-15-19(16-17(3)12-5-2)18-13-9-8-10-14-18/h8-10,13-14,17H,4-7,11-12,15-16H2,1-3H3/p+1. The molecule has 1 aromatic carbocycles. The highest BCUT2D eigenvalue weighted by atomic mass is 31.1. The van der Waals surface area contributed by atoms with Crippen LogP contribution in [0, 0.1) is 5.92 Å². The van der Waals surface area contributed by atoms with E-state index in [4.69, 9.17) is 0 Å². The highest BCUT2D eigenvalue weighted by Gasteiger charge is 2.21. The summed E-state index contributed by atoms with van der Waals surface area (Å²) < 4.78 is 0. The Morgan fingerprint density at radius 3 is 2.32 bits per heavy atom. The van der Waals surface area contributed by atoms with Gasteiger partial charge in [-0.25, -0.2) is 0 Å². The first-order chi connectivity index (χ1) is 9.27. The van der Waals surface area contributed by atoms with Gasteiger partial charge in [-0.3, -0.25) is 0 Å². The molecular formula is C18H32P+. The number of benzene rings is 1. The van der Waals surface area contributed by atoms with Gasteiger partial charge in [0.25, 0.3) is 0 Å². The molecule has 2 atom stereocenters. The minimum atomic E-state index is -0.324. The molecule has 1 heteroatoms. The van der Waals surface area contributed by atoms with Crippen molar-refractivity contribution in [2.24, 2.45) is 5.92 Å². The Bertz CT molecular complexity index is 307. The van der Waals surface area contributed by atoms with Crippen molar-refractivity contribution in [1.82, 2.24) is 0 Å². The molecular weight excluding hydrogens is 247 g/mol. The van der Waals surface area contributed by atoms with Gasteiger partial charge in [0, 0.05) is 7.92 Å². The highest BCUT2D eigenvalue weighted by Crippen LogP contribution is 2.38. The van der Waals surface area contributed by atoms with Crippen LogP contribution < -0.4 is 5.30 Å². The van der Waals surface area contributed by atoms with E-state index in [1.54, 1.807) is 5.30 Å². The van der Waals surface area contributed by atoms with Crippen LogP contribution in [0.3, 0.4) is 0 Å². The van der Waals surface area contributed by atoms with Crippen molar-refractivity contribution in [1.29, 1.82) is 0 Å². The molecule has 19 heavy (non-hydrogen) atoms. The summed E-state index contributed by atoms with van der Waals surface area (Å²) in [4.78, 5) is 0. The third-order valence-electron chi connectivity index (χ3n) is 3.89. The summed E-state index contributed by atoms with van der Waals surface area (Å²) in [5.74, 6) is 0.908. The maximum Gasteiger partial charge on any atom is 0.0914 e. The van der Waals surface area contributed by atoms with Crippen LogP contribution in [0.5, 0.6) is 0 Å². The van der Waals surface area contributed by atoms with E-state index >= 15 is 0 Å². The molecule has 0 aliphatic rings. The first-order valence-electron chi connectivity index (χ1n) is 8.18. The second kappa shape index (κ2) is 10.4. The molecule has 0 bridgehead atoms. The third-order valence-corrected chi connectivity index (χ3v) is 7.19. The topological polar surface area (TPSA) is 0 Å². The minimum Gasteiger partial charge on any atom is -0.0654 e. The van der Waals surface area contributed by atoms with Crippen molar-refractivity contribution in [3.8, 4) is 0 Å². The van der Waals surface area contributed by atoms with Crippen LogP contribution in [0.2, 0.25) is 0 Å². The predicted octanol–water partition coefficient (Wildman–Crippen LogP) is 5.54. The van der Waals surface area contributed by atoms with Crippen LogP contribution in [0.1, 0.15) is 59.3 Å². The van der Waals surface area contributed by atoms with Crippen molar-refractivity contribution in [3.05, 3.63) is 30.3 Å². The van der Waals surface area contributed by atoms with Gasteiger partial charge >= 0.3 is 0 Å². The fourth-order valence-corrected chi connectivity index (χ4v) is 5.93. The Morgan fingerprint density at radius 2 is 1.68 bits per heavy atom. The summed E-state index contributed by atoms with van der Waals surface area (Å²) in [7, 11) is -0.324. The molecule has 0 spiro atoms. The zero-order valence-electron chi connectivity index (χ0n) is 13.1. The SMILES string of the molecule is CCCCCC[PH+](CC(C)CCC)c1ccccc1. The Kier molecular flexibility index (Phi) is 9.18. The molecule has 0 nitrogen and oxygen atoms in total. The Hall–Kier alpha value is -0.350. The summed E-state index contributed by atoms with van der Waals surface area (Å²) in [5, 5.41) is 1.66. The van der Waals surface area contributed by atoms with E-state index in [0.717, 1.165) is 5.92 Å². The van der Waals surface area contributed by atoms with Gasteiger partial charge in [0.2, 0.25) is 0 Å². The smallest absolute Gasteiger partial charge is 0.0654 e. The zero-order valence-corrected chi connectivity index (χ0v) is 14.1. The van der Waals surface area contributed by atoms with E-state index in [0.29, 0.717) is 0 Å². The quantitative estimate of drug-likeness (QED) is 0.389. The van der Waals surface area contributed by atoms with Crippen molar-refractivity contribution in [3.63, 3.8) is 0 Å². The third kappa shape index (κ3) is 7.11. The summed E-state index contributed by atoms with van der Waals surface area (Å²) in [5.41, 5.74) is 0. The molecule has 0 amide bonds. The van der Waals surface area contributed by atoms with E-state index < -0.39 is 0 Å². The fourth-order valence-electron chi connectivity index (χ4n) is 2.82. The van der Waals surface area contributed by atoms with Crippen LogP contribution in [-0.2, 0) is 0 Å². The average Bonchev–Trinajstić information content (AvgIpc) is 2.43. The highest BCUT2D eigenvalue weighted by molar-refractivity contribution is 7.65. The molecule has 0 aromatic heterocycles. The van der Waals surface area contributed by atoms with Gasteiger partial charge < -0.3 is 0 Å². The van der Waals surface area contributed by atoms with Gasteiger partial charge in [0.1, 0.15) is 0 Å². The van der Waals surface area contributed by atoms with Crippen LogP contribution in [0.4, 0.5) is 0 Å². The number of hydrogen-bond donors (Lipinski definition) is 0. The van der Waals surface area contributed by atoms with Crippen molar-refractivity contribution in [2.75, 3.05) is 12.3 Å². The van der Waals surface area contributed by atoms with Crippen LogP contribution >= 0.6 is 7.92 Å². The Balaban J connectivity index is 2.52. The number of hydrogen-bond acceptors (Lipinski definition) is 0.